The van der Waals surface area contributed by atoms with Gasteiger partial charge in [-0.05, 0) is 5.56 Å². The fourth-order valence-corrected chi connectivity index (χ4v) is 10.3. The second kappa shape index (κ2) is 13.6. The van der Waals surface area contributed by atoms with Gasteiger partial charge in [0.15, 0.2) is 0 Å². The summed E-state index contributed by atoms with van der Waals surface area (Å²) in [4.78, 5) is 11.6. The number of aromatic carboxylic acids is 1. The second-order valence-electron chi connectivity index (χ2n) is 4.28. The van der Waals surface area contributed by atoms with E-state index in [9.17, 15) is 9.90 Å². The second-order valence-corrected chi connectivity index (χ2v) is 17.4. The molecule has 0 aromatic heterocycles. The van der Waals surface area contributed by atoms with Crippen LogP contribution in [0, 0.1) is 0 Å². The minimum Gasteiger partial charge on any atom is -0.392 e. The van der Waals surface area contributed by atoms with Crippen LogP contribution < -0.4 is 34.7 Å². The molecule has 0 aliphatic carbocycles. The average Bonchev–Trinajstić information content (AvgIpc) is 2.54. The number of benzene rings is 2. The molecule has 3 nitrogen and oxygen atoms in total. The van der Waals surface area contributed by atoms with Gasteiger partial charge >= 0.3 is 122 Å². The van der Waals surface area contributed by atoms with Gasteiger partial charge in [0.2, 0.25) is 0 Å². The van der Waals surface area contributed by atoms with E-state index in [2.05, 4.69) is 6.92 Å². The zero-order chi connectivity index (χ0) is 15.5. The molecular formula is C16H17HgNaO3S. The molecule has 0 fully saturated rings. The Hall–Kier alpha value is 0.155. The quantitative estimate of drug-likeness (QED) is 0.562. The summed E-state index contributed by atoms with van der Waals surface area (Å²) in [6.07, 6.45) is 0. The van der Waals surface area contributed by atoms with Gasteiger partial charge in [0.25, 0.3) is 0 Å². The monoisotopic (exact) mass is 514 g/mol. The standard InChI is InChI=1S/C7H6O2S.C7H8O.C2H5.Hg.Na/c8-7(9)5-3-1-2-4-6(5)10;8-6-7-4-2-1-3-5-7;1-2;;/h1-4,10H,(H,8,9);1-5,8H,6H2;1H2,2H3;;/q;;;2*+1/p-2. The summed E-state index contributed by atoms with van der Waals surface area (Å²) in [6.45, 7) is 2.30. The smallest absolute Gasteiger partial charge is 0.392 e. The molecule has 2 aromatic rings. The SMILES string of the molecule is C[CH2][Hg][S]c1ccccc1C(=O)[O-].OCc1ccccc1.[Na+]. The number of aliphatic hydroxyl groups is 1. The van der Waals surface area contributed by atoms with E-state index < -0.39 is 29.0 Å². The summed E-state index contributed by atoms with van der Waals surface area (Å²) in [5, 5.41) is 19.2. The molecule has 0 amide bonds. The summed E-state index contributed by atoms with van der Waals surface area (Å²) in [5.41, 5.74) is 1.31. The van der Waals surface area contributed by atoms with E-state index in [4.69, 9.17) is 5.11 Å². The Morgan fingerprint density at radius 2 is 1.73 bits per heavy atom. The normalized spacial score (nSPS) is 8.82. The Morgan fingerprint density at radius 1 is 1.14 bits per heavy atom. The minimum atomic E-state index is -1.06. The first-order chi connectivity index (χ1) is 10.2. The number of hydrogen-bond acceptors (Lipinski definition) is 4. The van der Waals surface area contributed by atoms with Crippen molar-refractivity contribution >= 4 is 14.2 Å². The number of rotatable bonds is 5. The van der Waals surface area contributed by atoms with E-state index in [1.165, 1.54) is 3.93 Å². The number of aliphatic hydroxyl groups excluding tert-OH is 1. The molecule has 0 spiro atoms. The Labute approximate surface area is 168 Å². The van der Waals surface area contributed by atoms with Gasteiger partial charge in [-0.15, -0.1) is 0 Å². The van der Waals surface area contributed by atoms with Gasteiger partial charge in [0.1, 0.15) is 0 Å². The van der Waals surface area contributed by atoms with Crippen molar-refractivity contribution in [3.05, 3.63) is 65.7 Å². The fourth-order valence-electron chi connectivity index (χ4n) is 1.56. The first-order valence-electron chi connectivity index (χ1n) is 6.77. The van der Waals surface area contributed by atoms with Crippen molar-refractivity contribution in [1.82, 2.24) is 0 Å². The maximum Gasteiger partial charge on any atom is 1.00 e. The maximum absolute atomic E-state index is 10.7. The number of carbonyl (C=O) groups excluding carboxylic acids is 1. The number of carbonyl (C=O) groups is 1. The van der Waals surface area contributed by atoms with Crippen LogP contribution in [0.25, 0.3) is 0 Å². The maximum atomic E-state index is 10.7. The Bertz CT molecular complexity index is 552. The van der Waals surface area contributed by atoms with Gasteiger partial charge in [-0.25, -0.2) is 0 Å². The predicted octanol–water partition coefficient (Wildman–Crippen LogP) is -0.239. The third kappa shape index (κ3) is 8.70. The molecule has 2 rings (SSSR count). The Morgan fingerprint density at radius 3 is 2.23 bits per heavy atom. The van der Waals surface area contributed by atoms with Gasteiger partial charge in [-0.1, -0.05) is 30.3 Å². The summed E-state index contributed by atoms with van der Waals surface area (Å²) in [6, 6.07) is 16.6. The zero-order valence-electron chi connectivity index (χ0n) is 13.0. The van der Waals surface area contributed by atoms with Crippen LogP contribution in [-0.2, 0) is 29.7 Å². The van der Waals surface area contributed by atoms with Crippen LogP contribution in [0.3, 0.4) is 0 Å². The van der Waals surface area contributed by atoms with Crippen LogP contribution in [0.5, 0.6) is 0 Å². The molecular weight excluding hydrogens is 496 g/mol. The molecule has 108 valence electrons. The molecule has 0 saturated heterocycles. The molecule has 0 unspecified atom stereocenters. The first kappa shape index (κ1) is 22.2. The molecule has 2 aromatic carbocycles. The molecule has 0 saturated carbocycles. The summed E-state index contributed by atoms with van der Waals surface area (Å²) >= 11 is -0.888. The van der Waals surface area contributed by atoms with E-state index >= 15 is 0 Å². The van der Waals surface area contributed by atoms with E-state index in [1.807, 2.05) is 42.5 Å². The molecule has 0 heterocycles. The predicted molar refractivity (Wildman–Crippen MR) is 79.5 cm³/mol. The number of hydrogen-bond donors (Lipinski definition) is 1. The number of carboxylic acids is 1. The summed E-state index contributed by atoms with van der Waals surface area (Å²) in [5.74, 6) is -1.06. The Kier molecular flexibility index (Phi) is 13.7. The molecule has 0 bridgehead atoms. The van der Waals surface area contributed by atoms with Crippen LogP contribution in [0.2, 0.25) is 3.93 Å². The molecule has 0 atom stereocenters. The van der Waals surface area contributed by atoms with Gasteiger partial charge in [-0.3, -0.25) is 0 Å². The van der Waals surface area contributed by atoms with E-state index in [0.29, 0.717) is 5.56 Å². The van der Waals surface area contributed by atoms with Crippen LogP contribution in [-0.4, -0.2) is 11.1 Å². The molecule has 0 aliphatic rings. The molecule has 0 aliphatic heterocycles. The van der Waals surface area contributed by atoms with Crippen LogP contribution in [0.4, 0.5) is 0 Å². The topological polar surface area (TPSA) is 60.4 Å². The van der Waals surface area contributed by atoms with E-state index in [-0.39, 0.29) is 36.2 Å². The van der Waals surface area contributed by atoms with Gasteiger partial charge in [0, 0.05) is 0 Å². The number of carboxylic acid groups (broad SMARTS) is 1. The van der Waals surface area contributed by atoms with Crippen molar-refractivity contribution in [3.8, 4) is 0 Å². The third-order valence-electron chi connectivity index (χ3n) is 2.59. The molecule has 6 heteroatoms. The van der Waals surface area contributed by atoms with Crippen molar-refractivity contribution in [3.63, 3.8) is 0 Å². The molecule has 0 radical (unpaired) electrons. The van der Waals surface area contributed by atoms with Gasteiger partial charge < -0.3 is 5.11 Å². The molecule has 22 heavy (non-hydrogen) atoms. The zero-order valence-corrected chi connectivity index (χ0v) is 21.3. The summed E-state index contributed by atoms with van der Waals surface area (Å²) < 4.78 is 1.26. The van der Waals surface area contributed by atoms with Crippen molar-refractivity contribution < 1.29 is 67.6 Å². The van der Waals surface area contributed by atoms with Crippen molar-refractivity contribution in [2.75, 3.05) is 0 Å². The minimum absolute atomic E-state index is 0. The van der Waals surface area contributed by atoms with Crippen molar-refractivity contribution in [2.24, 2.45) is 0 Å². The summed E-state index contributed by atoms with van der Waals surface area (Å²) in [7, 11) is 1.78. The van der Waals surface area contributed by atoms with E-state index in [1.54, 1.807) is 20.4 Å². The fraction of sp³-hybridized carbons (Fsp3) is 0.188. The average molecular weight is 513 g/mol. The Balaban J connectivity index is 0.000000423. The van der Waals surface area contributed by atoms with Crippen molar-refractivity contribution in [2.45, 2.75) is 22.4 Å². The van der Waals surface area contributed by atoms with E-state index in [0.717, 1.165) is 10.5 Å². The third-order valence-corrected chi connectivity index (χ3v) is 14.6. The molecule has 1 N–H and O–H groups in total. The first-order valence-corrected chi connectivity index (χ1v) is 18.4. The van der Waals surface area contributed by atoms with Gasteiger partial charge in [0.05, 0.1) is 6.61 Å². The van der Waals surface area contributed by atoms with Crippen LogP contribution in [0.1, 0.15) is 22.8 Å². The van der Waals surface area contributed by atoms with Gasteiger partial charge in [-0.2, -0.15) is 0 Å². The largest absolute Gasteiger partial charge is 1.00 e. The van der Waals surface area contributed by atoms with Crippen LogP contribution in [0.15, 0.2) is 59.5 Å². The van der Waals surface area contributed by atoms with Crippen molar-refractivity contribution in [1.29, 1.82) is 0 Å². The van der Waals surface area contributed by atoms with Crippen LogP contribution >= 0.6 is 8.24 Å².